The van der Waals surface area contributed by atoms with Gasteiger partial charge in [0.2, 0.25) is 0 Å². The Labute approximate surface area is 111 Å². The van der Waals surface area contributed by atoms with Gasteiger partial charge in [0.15, 0.2) is 0 Å². The highest BCUT2D eigenvalue weighted by molar-refractivity contribution is 6.09. The number of hydrogen-bond donors (Lipinski definition) is 1. The summed E-state index contributed by atoms with van der Waals surface area (Å²) in [5.41, 5.74) is 0. The van der Waals surface area contributed by atoms with Crippen molar-refractivity contribution in [2.75, 3.05) is 13.1 Å². The van der Waals surface area contributed by atoms with Crippen molar-refractivity contribution in [2.24, 2.45) is 9.98 Å². The first-order valence-electron chi connectivity index (χ1n) is 7.38. The third-order valence-corrected chi connectivity index (χ3v) is 2.97. The minimum Gasteiger partial charge on any atom is -0.329 e. The lowest BCUT2D eigenvalue weighted by atomic mass is 10.2. The van der Waals surface area contributed by atoms with Crippen molar-refractivity contribution in [1.82, 2.24) is 5.32 Å². The summed E-state index contributed by atoms with van der Waals surface area (Å²) in [5.74, 6) is 2.05. The molecule has 0 saturated heterocycles. The molecule has 0 aliphatic carbocycles. The lowest BCUT2D eigenvalue weighted by Crippen LogP contribution is -2.32. The van der Waals surface area contributed by atoms with E-state index in [9.17, 15) is 0 Å². The zero-order valence-corrected chi connectivity index (χ0v) is 11.9. The van der Waals surface area contributed by atoms with Crippen LogP contribution in [0.15, 0.2) is 22.1 Å². The number of unbranched alkanes of at least 4 members (excludes halogenated alkanes) is 4. The molecule has 0 bridgehead atoms. The molecule has 1 heterocycles. The van der Waals surface area contributed by atoms with Gasteiger partial charge < -0.3 is 5.32 Å². The van der Waals surface area contributed by atoms with Crippen LogP contribution in [0.25, 0.3) is 0 Å². The second-order valence-electron chi connectivity index (χ2n) is 4.74. The predicted molar refractivity (Wildman–Crippen MR) is 80.5 cm³/mol. The van der Waals surface area contributed by atoms with Crippen LogP contribution in [0.5, 0.6) is 0 Å². The molecular weight excluding hydrogens is 222 g/mol. The molecule has 0 spiro atoms. The van der Waals surface area contributed by atoms with Crippen molar-refractivity contribution < 1.29 is 0 Å². The van der Waals surface area contributed by atoms with Gasteiger partial charge in [0.05, 0.1) is 0 Å². The predicted octanol–water partition coefficient (Wildman–Crippen LogP) is 3.71. The Morgan fingerprint density at radius 1 is 1.00 bits per heavy atom. The Balaban J connectivity index is 2.31. The fourth-order valence-electron chi connectivity index (χ4n) is 1.86. The molecule has 1 aliphatic rings. The monoisotopic (exact) mass is 249 g/mol. The third-order valence-electron chi connectivity index (χ3n) is 2.97. The van der Waals surface area contributed by atoms with E-state index in [4.69, 9.17) is 0 Å². The van der Waals surface area contributed by atoms with Gasteiger partial charge in [-0.1, -0.05) is 45.6 Å². The highest BCUT2D eigenvalue weighted by Gasteiger charge is 2.05. The average Bonchev–Trinajstić information content (AvgIpc) is 2.40. The second kappa shape index (κ2) is 9.86. The van der Waals surface area contributed by atoms with Crippen LogP contribution >= 0.6 is 0 Å². The first kappa shape index (κ1) is 14.9. The molecule has 0 saturated carbocycles. The highest BCUT2D eigenvalue weighted by atomic mass is 15.1. The molecule has 102 valence electrons. The van der Waals surface area contributed by atoms with Crippen LogP contribution in [0.2, 0.25) is 0 Å². The summed E-state index contributed by atoms with van der Waals surface area (Å²) in [4.78, 5) is 9.14. The Hall–Kier alpha value is -1.12. The summed E-state index contributed by atoms with van der Waals surface area (Å²) in [6, 6.07) is 0. The molecule has 0 radical (unpaired) electrons. The Morgan fingerprint density at radius 2 is 1.67 bits per heavy atom. The molecule has 0 atom stereocenters. The van der Waals surface area contributed by atoms with Gasteiger partial charge in [-0.15, -0.1) is 0 Å². The Kier molecular flexibility index (Phi) is 8.19. The van der Waals surface area contributed by atoms with Gasteiger partial charge in [0, 0.05) is 19.5 Å². The van der Waals surface area contributed by atoms with Crippen LogP contribution in [0.4, 0.5) is 0 Å². The maximum atomic E-state index is 4.59. The quantitative estimate of drug-likeness (QED) is 0.654. The van der Waals surface area contributed by atoms with Crippen LogP contribution in [0.3, 0.4) is 0 Å². The maximum absolute atomic E-state index is 4.59. The minimum atomic E-state index is 0.917. The van der Waals surface area contributed by atoms with Crippen LogP contribution < -0.4 is 5.32 Å². The van der Waals surface area contributed by atoms with Crippen LogP contribution in [-0.4, -0.2) is 24.8 Å². The van der Waals surface area contributed by atoms with Gasteiger partial charge in [-0.05, 0) is 18.9 Å². The second-order valence-corrected chi connectivity index (χ2v) is 4.74. The molecule has 18 heavy (non-hydrogen) atoms. The summed E-state index contributed by atoms with van der Waals surface area (Å²) in [5, 5.41) is 3.32. The van der Waals surface area contributed by atoms with E-state index in [0.29, 0.717) is 0 Å². The summed E-state index contributed by atoms with van der Waals surface area (Å²) < 4.78 is 0. The highest BCUT2D eigenvalue weighted by Crippen LogP contribution is 2.00. The smallest absolute Gasteiger partial charge is 0.125 e. The van der Waals surface area contributed by atoms with Gasteiger partial charge in [-0.2, -0.15) is 0 Å². The largest absolute Gasteiger partial charge is 0.329 e. The van der Waals surface area contributed by atoms with E-state index in [1.54, 1.807) is 0 Å². The van der Waals surface area contributed by atoms with Gasteiger partial charge in [-0.25, -0.2) is 0 Å². The molecule has 0 unspecified atom stereocenters. The number of amidine groups is 2. The maximum Gasteiger partial charge on any atom is 0.125 e. The molecule has 1 N–H and O–H groups in total. The third kappa shape index (κ3) is 6.58. The molecule has 0 amide bonds. The summed E-state index contributed by atoms with van der Waals surface area (Å²) in [6.45, 7) is 6.29. The zero-order valence-electron chi connectivity index (χ0n) is 11.9. The first-order chi connectivity index (χ1) is 8.86. The van der Waals surface area contributed by atoms with Gasteiger partial charge in [-0.3, -0.25) is 9.98 Å². The zero-order chi connectivity index (χ0) is 13.1. The molecule has 1 aliphatic heterocycles. The number of rotatable bonds is 8. The summed E-state index contributed by atoms with van der Waals surface area (Å²) >= 11 is 0. The van der Waals surface area contributed by atoms with Crippen LogP contribution in [0.1, 0.15) is 58.8 Å². The number of nitrogens with one attached hydrogen (secondary N) is 1. The SMILES string of the molecule is CCCCC/N=C1/C=CC/C(=N\CCCCC)N1. The Bertz CT molecular complexity index is 303. The van der Waals surface area contributed by atoms with Gasteiger partial charge >= 0.3 is 0 Å². The van der Waals surface area contributed by atoms with E-state index >= 15 is 0 Å². The van der Waals surface area contributed by atoms with Gasteiger partial charge in [0.25, 0.3) is 0 Å². The van der Waals surface area contributed by atoms with Crippen molar-refractivity contribution in [3.63, 3.8) is 0 Å². The van der Waals surface area contributed by atoms with Crippen LogP contribution in [-0.2, 0) is 0 Å². The van der Waals surface area contributed by atoms with E-state index in [-0.39, 0.29) is 0 Å². The molecule has 3 heteroatoms. The normalized spacial score (nSPS) is 19.4. The standard InChI is InChI=1S/C15H27N3/c1-3-5-7-12-16-14-10-9-11-15(18-14)17-13-8-6-4-2/h9-10H,3-8,11-13H2,1-2H3,(H,16,17,18). The number of nitrogens with zero attached hydrogens (tertiary/aromatic N) is 2. The average molecular weight is 249 g/mol. The molecule has 0 aromatic carbocycles. The van der Waals surface area contributed by atoms with E-state index in [1.807, 2.05) is 0 Å². The molecule has 0 aromatic rings. The van der Waals surface area contributed by atoms with Crippen molar-refractivity contribution in [3.05, 3.63) is 12.2 Å². The van der Waals surface area contributed by atoms with E-state index < -0.39 is 0 Å². The lowest BCUT2D eigenvalue weighted by molar-refractivity contribution is 0.724. The minimum absolute atomic E-state index is 0.917. The molecule has 1 rings (SSSR count). The summed E-state index contributed by atoms with van der Waals surface area (Å²) in [6.07, 6.45) is 12.5. The number of aliphatic imine (C=N–C) groups is 2. The van der Waals surface area contributed by atoms with Crippen molar-refractivity contribution in [1.29, 1.82) is 0 Å². The van der Waals surface area contributed by atoms with Crippen molar-refractivity contribution >= 4 is 11.7 Å². The fourth-order valence-corrected chi connectivity index (χ4v) is 1.86. The molecule has 0 fully saturated rings. The van der Waals surface area contributed by atoms with Gasteiger partial charge in [0.1, 0.15) is 11.7 Å². The first-order valence-corrected chi connectivity index (χ1v) is 7.38. The van der Waals surface area contributed by atoms with Crippen molar-refractivity contribution in [2.45, 2.75) is 58.8 Å². The topological polar surface area (TPSA) is 36.8 Å². The van der Waals surface area contributed by atoms with Crippen molar-refractivity contribution in [3.8, 4) is 0 Å². The van der Waals surface area contributed by atoms with E-state index in [1.165, 1.54) is 38.5 Å². The fraction of sp³-hybridized carbons (Fsp3) is 0.733. The van der Waals surface area contributed by atoms with E-state index in [0.717, 1.165) is 31.2 Å². The molecular formula is C15H27N3. The molecule has 0 aromatic heterocycles. The van der Waals surface area contributed by atoms with Crippen LogP contribution in [0, 0.1) is 0 Å². The van der Waals surface area contributed by atoms with E-state index in [2.05, 4.69) is 41.3 Å². The lowest BCUT2D eigenvalue weighted by Gasteiger charge is -2.13. The molecule has 3 nitrogen and oxygen atoms in total. The Morgan fingerprint density at radius 3 is 2.33 bits per heavy atom. The number of hydrogen-bond acceptors (Lipinski definition) is 2. The summed E-state index contributed by atoms with van der Waals surface area (Å²) in [7, 11) is 0.